The van der Waals surface area contributed by atoms with Crippen LogP contribution in [0.4, 0.5) is 0 Å². The maximum atomic E-state index is 12.9. The van der Waals surface area contributed by atoms with E-state index >= 15 is 0 Å². The molecule has 1 atom stereocenters. The maximum absolute atomic E-state index is 12.9. The Labute approximate surface area is 127 Å². The van der Waals surface area contributed by atoms with E-state index in [1.165, 1.54) is 11.3 Å². The normalized spacial score (nSPS) is 14.1. The number of hydrogen-bond acceptors (Lipinski definition) is 3. The third-order valence-corrected chi connectivity index (χ3v) is 6.12. The van der Waals surface area contributed by atoms with Crippen molar-refractivity contribution in [2.24, 2.45) is 0 Å². The molecule has 0 radical (unpaired) electrons. The second kappa shape index (κ2) is 6.33. The first-order chi connectivity index (χ1) is 9.43. The quantitative estimate of drug-likeness (QED) is 0.828. The number of nitrogens with zero attached hydrogens (tertiary/aromatic N) is 2. The first-order valence-corrected chi connectivity index (χ1v) is 8.91. The molecular formula is C15H22N2OS2. The molecule has 0 amide bonds. The molecule has 5 heteroatoms. The minimum atomic E-state index is -1.18. The summed E-state index contributed by atoms with van der Waals surface area (Å²) in [6.45, 7) is 9.31. The summed E-state index contributed by atoms with van der Waals surface area (Å²) in [5.74, 6) is 0. The van der Waals surface area contributed by atoms with Crippen molar-refractivity contribution in [1.82, 2.24) is 9.29 Å². The molecule has 3 nitrogen and oxygen atoms in total. The summed E-state index contributed by atoms with van der Waals surface area (Å²) in [5, 5.41) is 0. The summed E-state index contributed by atoms with van der Waals surface area (Å²) < 4.78 is 16.7. The van der Waals surface area contributed by atoms with Crippen molar-refractivity contribution in [2.45, 2.75) is 50.4 Å². The molecule has 1 aromatic heterocycles. The number of thiazole rings is 1. The van der Waals surface area contributed by atoms with Crippen LogP contribution in [0, 0.1) is 0 Å². The number of unbranched alkanes of at least 4 members (excludes halogenated alkanes) is 1. The molecule has 0 aliphatic heterocycles. The van der Waals surface area contributed by atoms with Crippen molar-refractivity contribution in [3.05, 3.63) is 24.3 Å². The molecule has 0 aliphatic carbocycles. The predicted octanol–water partition coefficient (Wildman–Crippen LogP) is 4.22. The average molecular weight is 310 g/mol. The molecule has 110 valence electrons. The lowest BCUT2D eigenvalue weighted by Gasteiger charge is -2.33. The van der Waals surface area contributed by atoms with Crippen LogP contribution in [0.3, 0.4) is 0 Å². The summed E-state index contributed by atoms with van der Waals surface area (Å²) in [6, 6.07) is 7.96. The molecule has 20 heavy (non-hydrogen) atoms. The summed E-state index contributed by atoms with van der Waals surface area (Å²) in [7, 11) is -1.18. The van der Waals surface area contributed by atoms with Crippen LogP contribution in [0.5, 0.6) is 0 Å². The number of para-hydroxylation sites is 1. The van der Waals surface area contributed by atoms with E-state index in [0.29, 0.717) is 4.34 Å². The van der Waals surface area contributed by atoms with Crippen molar-refractivity contribution in [3.63, 3.8) is 0 Å². The highest BCUT2D eigenvalue weighted by atomic mass is 32.2. The van der Waals surface area contributed by atoms with E-state index in [-0.39, 0.29) is 5.54 Å². The summed E-state index contributed by atoms with van der Waals surface area (Å²) in [5.41, 5.74) is 0.808. The third-order valence-electron chi connectivity index (χ3n) is 3.09. The van der Waals surface area contributed by atoms with Gasteiger partial charge in [-0.15, -0.1) is 11.3 Å². The van der Waals surface area contributed by atoms with Gasteiger partial charge in [0.15, 0.2) is 15.3 Å². The Morgan fingerprint density at radius 3 is 2.60 bits per heavy atom. The van der Waals surface area contributed by atoms with Crippen LogP contribution in [-0.2, 0) is 11.0 Å². The zero-order valence-electron chi connectivity index (χ0n) is 12.5. The summed E-state index contributed by atoms with van der Waals surface area (Å²) >= 11 is 1.53. The van der Waals surface area contributed by atoms with Gasteiger partial charge in [0.2, 0.25) is 0 Å². The molecule has 0 spiro atoms. The Kier molecular flexibility index (Phi) is 4.94. The fourth-order valence-corrected chi connectivity index (χ4v) is 4.67. The van der Waals surface area contributed by atoms with Gasteiger partial charge in [-0.3, -0.25) is 0 Å². The molecule has 2 rings (SSSR count). The van der Waals surface area contributed by atoms with E-state index < -0.39 is 11.0 Å². The first-order valence-electron chi connectivity index (χ1n) is 6.98. The van der Waals surface area contributed by atoms with Crippen LogP contribution < -0.4 is 0 Å². The zero-order valence-corrected chi connectivity index (χ0v) is 14.2. The molecule has 0 fully saturated rings. The molecule has 1 aromatic carbocycles. The maximum Gasteiger partial charge on any atom is 0.197 e. The van der Waals surface area contributed by atoms with E-state index in [1.807, 2.05) is 28.6 Å². The van der Waals surface area contributed by atoms with Crippen LogP contribution >= 0.6 is 11.3 Å². The van der Waals surface area contributed by atoms with Crippen LogP contribution in [0.1, 0.15) is 40.5 Å². The second-order valence-corrected chi connectivity index (χ2v) is 8.44. The van der Waals surface area contributed by atoms with E-state index in [0.717, 1.165) is 29.6 Å². The molecule has 0 saturated heterocycles. The Bertz CT molecular complexity index is 568. The highest BCUT2D eigenvalue weighted by molar-refractivity contribution is 7.85. The van der Waals surface area contributed by atoms with Gasteiger partial charge in [-0.2, -0.15) is 0 Å². The largest absolute Gasteiger partial charge is 0.235 e. The van der Waals surface area contributed by atoms with Gasteiger partial charge in [0.25, 0.3) is 0 Å². The Morgan fingerprint density at radius 1 is 1.30 bits per heavy atom. The molecule has 2 aromatic rings. The van der Waals surface area contributed by atoms with Crippen molar-refractivity contribution >= 4 is 32.5 Å². The second-order valence-electron chi connectivity index (χ2n) is 5.82. The van der Waals surface area contributed by atoms with Crippen LogP contribution in [0.2, 0.25) is 0 Å². The number of fused-ring (bicyclic) bond motifs is 1. The summed E-state index contributed by atoms with van der Waals surface area (Å²) in [6.07, 6.45) is 2.15. The van der Waals surface area contributed by atoms with Crippen molar-refractivity contribution in [3.8, 4) is 0 Å². The zero-order chi connectivity index (χ0) is 14.8. The lowest BCUT2D eigenvalue weighted by Crippen LogP contribution is -2.43. The van der Waals surface area contributed by atoms with Gasteiger partial charge in [-0.05, 0) is 39.3 Å². The number of hydrogen-bond donors (Lipinski definition) is 0. The predicted molar refractivity (Wildman–Crippen MR) is 87.4 cm³/mol. The van der Waals surface area contributed by atoms with Gasteiger partial charge in [-0.1, -0.05) is 25.5 Å². The van der Waals surface area contributed by atoms with Gasteiger partial charge in [0.1, 0.15) is 0 Å². The highest BCUT2D eigenvalue weighted by Gasteiger charge is 2.28. The standard InChI is InChI=1S/C15H22N2OS2/c1-5-6-11-17(15(2,3)4)20(18)14-16-12-9-7-8-10-13(12)19-14/h7-10H,5-6,11H2,1-4H3. The molecule has 1 unspecified atom stereocenters. The van der Waals surface area contributed by atoms with E-state index in [4.69, 9.17) is 0 Å². The van der Waals surface area contributed by atoms with Gasteiger partial charge < -0.3 is 0 Å². The van der Waals surface area contributed by atoms with Crippen LogP contribution in [-0.4, -0.2) is 25.6 Å². The Morgan fingerprint density at radius 2 is 2.00 bits per heavy atom. The van der Waals surface area contributed by atoms with Crippen molar-refractivity contribution < 1.29 is 4.21 Å². The monoisotopic (exact) mass is 310 g/mol. The van der Waals surface area contributed by atoms with Gasteiger partial charge in [0, 0.05) is 12.1 Å². The molecule has 0 saturated carbocycles. The first kappa shape index (κ1) is 15.6. The van der Waals surface area contributed by atoms with Gasteiger partial charge >= 0.3 is 0 Å². The van der Waals surface area contributed by atoms with E-state index in [9.17, 15) is 4.21 Å². The fraction of sp³-hybridized carbons (Fsp3) is 0.533. The smallest absolute Gasteiger partial charge is 0.197 e. The number of benzene rings is 1. The number of rotatable bonds is 5. The van der Waals surface area contributed by atoms with Gasteiger partial charge in [0.05, 0.1) is 10.2 Å². The minimum Gasteiger partial charge on any atom is -0.235 e. The lowest BCUT2D eigenvalue weighted by atomic mass is 10.1. The SMILES string of the molecule is CCCCN(S(=O)c1nc2ccccc2s1)C(C)(C)C. The fourth-order valence-electron chi connectivity index (χ4n) is 1.99. The number of aromatic nitrogens is 1. The van der Waals surface area contributed by atoms with E-state index in [1.54, 1.807) is 0 Å². The molecule has 0 bridgehead atoms. The Hall–Kier alpha value is -0.780. The average Bonchev–Trinajstić information content (AvgIpc) is 2.81. The van der Waals surface area contributed by atoms with Crippen LogP contribution in [0.15, 0.2) is 28.6 Å². The van der Waals surface area contributed by atoms with Gasteiger partial charge in [-0.25, -0.2) is 13.5 Å². The topological polar surface area (TPSA) is 33.2 Å². The van der Waals surface area contributed by atoms with E-state index in [2.05, 4.69) is 32.7 Å². The minimum absolute atomic E-state index is 0.127. The highest BCUT2D eigenvalue weighted by Crippen LogP contribution is 2.28. The lowest BCUT2D eigenvalue weighted by molar-refractivity contribution is 0.259. The third kappa shape index (κ3) is 3.45. The van der Waals surface area contributed by atoms with Crippen molar-refractivity contribution in [2.75, 3.05) is 6.54 Å². The molecule has 0 aliphatic rings. The van der Waals surface area contributed by atoms with Crippen LogP contribution in [0.25, 0.3) is 10.2 Å². The summed E-state index contributed by atoms with van der Waals surface area (Å²) in [4.78, 5) is 4.53. The molecular weight excluding hydrogens is 288 g/mol. The van der Waals surface area contributed by atoms with Crippen molar-refractivity contribution in [1.29, 1.82) is 0 Å². The Balaban J connectivity index is 2.30. The molecule has 0 N–H and O–H groups in total. The molecule has 1 heterocycles.